The molecule has 5 aromatic carbocycles. The summed E-state index contributed by atoms with van der Waals surface area (Å²) in [5, 5.41) is 5.53. The first kappa shape index (κ1) is 29.3. The lowest BCUT2D eigenvalue weighted by Crippen LogP contribution is -2.74. The van der Waals surface area contributed by atoms with Gasteiger partial charge in [-0.1, -0.05) is 152 Å². The van der Waals surface area contributed by atoms with Gasteiger partial charge in [0.15, 0.2) is 0 Å². The third-order valence-electron chi connectivity index (χ3n) is 7.70. The van der Waals surface area contributed by atoms with Crippen molar-refractivity contribution in [2.75, 3.05) is 0 Å². The maximum Gasteiger partial charge on any atom is 0.349 e. The van der Waals surface area contributed by atoms with Crippen LogP contribution < -0.4 is 25.9 Å². The molecule has 0 spiro atoms. The van der Waals surface area contributed by atoms with E-state index in [1.54, 1.807) is 0 Å². The quantitative estimate of drug-likeness (QED) is 0.162. The van der Waals surface area contributed by atoms with Crippen molar-refractivity contribution in [3.63, 3.8) is 0 Å². The molecule has 0 N–H and O–H groups in total. The Kier molecular flexibility index (Phi) is 9.19. The molecule has 0 atom stereocenters. The first-order valence-corrected chi connectivity index (χ1v) is 20.7. The highest BCUT2D eigenvalue weighted by Gasteiger charge is 2.53. The first-order valence-electron chi connectivity index (χ1n) is 14.1. The van der Waals surface area contributed by atoms with Crippen LogP contribution in [0.3, 0.4) is 0 Å². The van der Waals surface area contributed by atoms with Crippen LogP contribution in [0.25, 0.3) is 0 Å². The SMILES string of the molecule is C#CC[Si](O[Si](C)(O[Si](CC#C)(c1ccccc1)c1ccccc1)c1ccccc1)(c1ccccc1)c1ccccc1. The normalized spacial score (nSPS) is 11.8. The van der Waals surface area contributed by atoms with Gasteiger partial charge in [-0.25, -0.2) is 0 Å². The van der Waals surface area contributed by atoms with Crippen molar-refractivity contribution in [2.24, 2.45) is 0 Å². The van der Waals surface area contributed by atoms with Crippen LogP contribution in [0.2, 0.25) is 18.6 Å². The molecule has 0 aromatic heterocycles. The minimum absolute atomic E-state index is 0.472. The molecule has 0 aliphatic heterocycles. The minimum Gasteiger partial charge on any atom is -0.425 e. The van der Waals surface area contributed by atoms with E-state index in [1.807, 2.05) is 30.3 Å². The molecular formula is C37H34O2Si3. The molecule has 206 valence electrons. The maximum absolute atomic E-state index is 7.75. The zero-order chi connectivity index (χ0) is 29.3. The Morgan fingerprint density at radius 2 is 0.667 bits per heavy atom. The zero-order valence-electron chi connectivity index (χ0n) is 23.8. The van der Waals surface area contributed by atoms with Crippen molar-refractivity contribution in [1.82, 2.24) is 0 Å². The van der Waals surface area contributed by atoms with Crippen molar-refractivity contribution in [3.8, 4) is 24.7 Å². The Morgan fingerprint density at radius 1 is 0.429 bits per heavy atom. The summed E-state index contributed by atoms with van der Waals surface area (Å²) in [7, 11) is -9.31. The number of hydrogen-bond acceptors (Lipinski definition) is 2. The topological polar surface area (TPSA) is 18.5 Å². The molecule has 0 unspecified atom stereocenters. The molecule has 5 aromatic rings. The van der Waals surface area contributed by atoms with Gasteiger partial charge in [0.25, 0.3) is 16.6 Å². The molecule has 0 aliphatic carbocycles. The number of rotatable bonds is 11. The molecule has 0 saturated carbocycles. The minimum atomic E-state index is -3.27. The Hall–Kier alpha value is -4.21. The molecule has 0 bridgehead atoms. The van der Waals surface area contributed by atoms with Gasteiger partial charge >= 0.3 is 8.56 Å². The van der Waals surface area contributed by atoms with Gasteiger partial charge in [-0.15, -0.1) is 24.7 Å². The fourth-order valence-electron chi connectivity index (χ4n) is 5.71. The van der Waals surface area contributed by atoms with E-state index >= 15 is 0 Å². The van der Waals surface area contributed by atoms with Crippen molar-refractivity contribution in [2.45, 2.75) is 18.6 Å². The summed E-state index contributed by atoms with van der Waals surface area (Å²) >= 11 is 0. The molecule has 5 heteroatoms. The van der Waals surface area contributed by atoms with Gasteiger partial charge in [-0.3, -0.25) is 0 Å². The van der Waals surface area contributed by atoms with Gasteiger partial charge in [0.05, 0.1) is 0 Å². The summed E-state index contributed by atoms with van der Waals surface area (Å²) in [4.78, 5) is 0. The molecule has 0 aliphatic rings. The lowest BCUT2D eigenvalue weighted by atomic mass is 10.4. The Morgan fingerprint density at radius 3 is 0.905 bits per heavy atom. The fraction of sp³-hybridized carbons (Fsp3) is 0.0811. The molecule has 0 amide bonds. The van der Waals surface area contributed by atoms with E-state index in [0.717, 1.165) is 25.9 Å². The second-order valence-electron chi connectivity index (χ2n) is 10.4. The molecule has 5 rings (SSSR count). The second kappa shape index (κ2) is 13.2. The Balaban J connectivity index is 1.78. The van der Waals surface area contributed by atoms with Gasteiger partial charge in [0.2, 0.25) is 0 Å². The maximum atomic E-state index is 7.75. The van der Waals surface area contributed by atoms with E-state index in [4.69, 9.17) is 21.1 Å². The molecular weight excluding hydrogens is 561 g/mol. The largest absolute Gasteiger partial charge is 0.425 e. The molecule has 42 heavy (non-hydrogen) atoms. The van der Waals surface area contributed by atoms with E-state index < -0.39 is 25.2 Å². The third-order valence-corrected chi connectivity index (χ3v) is 21.5. The van der Waals surface area contributed by atoms with Gasteiger partial charge in [0, 0.05) is 12.1 Å². The van der Waals surface area contributed by atoms with E-state index in [-0.39, 0.29) is 0 Å². The summed E-state index contributed by atoms with van der Waals surface area (Å²) in [5.41, 5.74) is 0. The number of terminal acetylenes is 2. The van der Waals surface area contributed by atoms with Crippen LogP contribution in [0.15, 0.2) is 152 Å². The van der Waals surface area contributed by atoms with Crippen molar-refractivity contribution >= 4 is 51.1 Å². The van der Waals surface area contributed by atoms with Crippen LogP contribution >= 0.6 is 0 Å². The third kappa shape index (κ3) is 5.89. The van der Waals surface area contributed by atoms with Crippen LogP contribution in [-0.2, 0) is 8.23 Å². The van der Waals surface area contributed by atoms with Crippen LogP contribution in [0.4, 0.5) is 0 Å². The predicted octanol–water partition coefficient (Wildman–Crippen LogP) is 4.79. The zero-order valence-corrected chi connectivity index (χ0v) is 26.8. The summed E-state index contributed by atoms with van der Waals surface area (Å²) < 4.78 is 15.5. The van der Waals surface area contributed by atoms with E-state index in [2.05, 4.69) is 140 Å². The Labute approximate surface area is 253 Å². The highest BCUT2D eigenvalue weighted by Crippen LogP contribution is 2.26. The van der Waals surface area contributed by atoms with Crippen LogP contribution in [0, 0.1) is 24.7 Å². The lowest BCUT2D eigenvalue weighted by Gasteiger charge is -2.45. The summed E-state index contributed by atoms with van der Waals surface area (Å²) in [6.07, 6.45) is 12.3. The first-order chi connectivity index (χ1) is 20.6. The fourth-order valence-corrected chi connectivity index (χ4v) is 20.8. The average molecular weight is 595 g/mol. The number of hydrogen-bond donors (Lipinski definition) is 0. The predicted molar refractivity (Wildman–Crippen MR) is 183 cm³/mol. The van der Waals surface area contributed by atoms with Gasteiger partial charge in [-0.05, 0) is 32.5 Å². The number of benzene rings is 5. The summed E-state index contributed by atoms with van der Waals surface area (Å²) in [5.74, 6) is 6.03. The standard InChI is InChI=1S/C37H34O2Si3/c1-4-31-41(34-23-13-7-14-24-34,35-25-15-8-16-26-35)38-40(3,33-21-11-6-12-22-33)39-42(32-5-2,36-27-17-9-18-28-36)37-29-19-10-20-30-37/h1-2,6-30H,31-32H2,3H3. The van der Waals surface area contributed by atoms with Gasteiger partial charge in [-0.2, -0.15) is 0 Å². The van der Waals surface area contributed by atoms with Gasteiger partial charge in [0.1, 0.15) is 0 Å². The second-order valence-corrected chi connectivity index (χ2v) is 20.8. The van der Waals surface area contributed by atoms with Crippen molar-refractivity contribution in [1.29, 1.82) is 0 Å². The van der Waals surface area contributed by atoms with Crippen LogP contribution in [0.5, 0.6) is 0 Å². The molecule has 0 heterocycles. The van der Waals surface area contributed by atoms with E-state index in [1.165, 1.54) is 0 Å². The summed E-state index contributed by atoms with van der Waals surface area (Å²) in [6, 6.07) is 53.2. The van der Waals surface area contributed by atoms with Gasteiger partial charge < -0.3 is 8.23 Å². The van der Waals surface area contributed by atoms with E-state index in [0.29, 0.717) is 12.1 Å². The van der Waals surface area contributed by atoms with Crippen molar-refractivity contribution < 1.29 is 8.23 Å². The Bertz CT molecular complexity index is 1460. The average Bonchev–Trinajstić information content (AvgIpc) is 3.06. The monoisotopic (exact) mass is 594 g/mol. The van der Waals surface area contributed by atoms with E-state index in [9.17, 15) is 0 Å². The van der Waals surface area contributed by atoms with Crippen molar-refractivity contribution in [3.05, 3.63) is 152 Å². The molecule has 0 radical (unpaired) electrons. The van der Waals surface area contributed by atoms with Crippen LogP contribution in [-0.4, -0.2) is 25.2 Å². The molecule has 0 saturated heterocycles. The lowest BCUT2D eigenvalue weighted by molar-refractivity contribution is 0.412. The molecule has 2 nitrogen and oxygen atoms in total. The summed E-state index contributed by atoms with van der Waals surface area (Å²) in [6.45, 7) is 2.18. The smallest absolute Gasteiger partial charge is 0.349 e. The molecule has 0 fully saturated rings. The highest BCUT2D eigenvalue weighted by atomic mass is 28.5. The van der Waals surface area contributed by atoms with Crippen LogP contribution in [0.1, 0.15) is 0 Å². The highest BCUT2D eigenvalue weighted by molar-refractivity contribution is 7.08.